The Morgan fingerprint density at radius 3 is 2.50 bits per heavy atom. The molecular weight excluding hydrogens is 221 g/mol. The van der Waals surface area contributed by atoms with Crippen molar-refractivity contribution in [3.05, 3.63) is 29.6 Å². The zero-order valence-corrected chi connectivity index (χ0v) is 10.7. The molecule has 0 saturated heterocycles. The molecule has 0 aliphatic heterocycles. The summed E-state index contributed by atoms with van der Waals surface area (Å²) in [4.78, 5) is 13.7. The molecule has 0 spiro atoms. The maximum atomic E-state index is 11.9. The molecule has 0 N–H and O–H groups in total. The fraction of sp³-hybridized carbons (Fsp3) is 0.143. The summed E-state index contributed by atoms with van der Waals surface area (Å²) >= 11 is 0. The summed E-state index contributed by atoms with van der Waals surface area (Å²) in [5.74, 6) is 0. The summed E-state index contributed by atoms with van der Waals surface area (Å²) in [5, 5.41) is 0. The number of nitrogens with zero attached hydrogens (tertiary/aromatic N) is 1. The molecule has 7 heteroatoms. The van der Waals surface area contributed by atoms with Gasteiger partial charge in [-0.25, -0.2) is 0 Å². The summed E-state index contributed by atoms with van der Waals surface area (Å²) in [6, 6.07) is 1.19. The topological polar surface area (TPSA) is 30.0 Å². The van der Waals surface area contributed by atoms with Gasteiger partial charge < -0.3 is 12.9 Å². The molecule has 0 aliphatic rings. The van der Waals surface area contributed by atoms with Crippen LogP contribution < -0.4 is 51.4 Å². The third kappa shape index (κ3) is 5.26. The molecule has 70 valence electrons. The summed E-state index contributed by atoms with van der Waals surface area (Å²) < 4.78 is 35.8. The van der Waals surface area contributed by atoms with Gasteiger partial charge in [0.2, 0.25) is 0 Å². The van der Waals surface area contributed by atoms with Crippen molar-refractivity contribution in [1.29, 1.82) is 0 Å². The first-order valence-electron chi connectivity index (χ1n) is 3.61. The predicted molar refractivity (Wildman–Crippen MR) is 42.4 cm³/mol. The molecule has 0 unspecified atom stereocenters. The monoisotopic (exact) mass is 227 g/mol. The largest absolute Gasteiger partial charge is 1.00 e. The van der Waals surface area contributed by atoms with Gasteiger partial charge in [-0.05, 0) is 6.07 Å². The van der Waals surface area contributed by atoms with Crippen LogP contribution in [0, 0.1) is 0 Å². The number of pyridine rings is 1. The van der Waals surface area contributed by atoms with Crippen molar-refractivity contribution in [2.45, 2.75) is 6.32 Å². The van der Waals surface area contributed by atoms with E-state index in [0.29, 0.717) is 6.29 Å². The number of aldehydes is 1. The van der Waals surface area contributed by atoms with E-state index in [9.17, 15) is 17.7 Å². The van der Waals surface area contributed by atoms with Crippen LogP contribution in [0.15, 0.2) is 18.5 Å². The Morgan fingerprint density at radius 1 is 1.36 bits per heavy atom. The first kappa shape index (κ1) is 14.3. The molecule has 0 fully saturated rings. The Morgan fingerprint density at radius 2 is 2.00 bits per heavy atom. The number of rotatable bonds is 3. The number of halogens is 3. The third-order valence-electron chi connectivity index (χ3n) is 1.42. The Labute approximate surface area is 122 Å². The molecule has 2 nitrogen and oxygen atoms in total. The van der Waals surface area contributed by atoms with Crippen LogP contribution in [0.25, 0.3) is 0 Å². The molecule has 14 heavy (non-hydrogen) atoms. The van der Waals surface area contributed by atoms with E-state index in [4.69, 9.17) is 0 Å². The van der Waals surface area contributed by atoms with E-state index < -0.39 is 13.3 Å². The quantitative estimate of drug-likeness (QED) is 0.481. The van der Waals surface area contributed by atoms with Crippen LogP contribution in [-0.2, 0) is 6.32 Å². The Kier molecular flexibility index (Phi) is 6.15. The second-order valence-electron chi connectivity index (χ2n) is 2.66. The summed E-state index contributed by atoms with van der Waals surface area (Å²) in [7, 11) is 0. The van der Waals surface area contributed by atoms with Crippen LogP contribution >= 0.6 is 0 Å². The van der Waals surface area contributed by atoms with Crippen LogP contribution in [0.1, 0.15) is 15.9 Å². The SMILES string of the molecule is O=Cc1cncc(C[B-](F)(F)F)c1.[K+]. The Hall–Kier alpha value is 0.311. The molecule has 1 rings (SSSR count). The molecule has 1 heterocycles. The minimum Gasteiger partial charge on any atom is -0.449 e. The van der Waals surface area contributed by atoms with Crippen LogP contribution in [0.4, 0.5) is 12.9 Å². The van der Waals surface area contributed by atoms with E-state index in [-0.39, 0.29) is 62.5 Å². The van der Waals surface area contributed by atoms with Crippen molar-refractivity contribution in [3.63, 3.8) is 0 Å². The van der Waals surface area contributed by atoms with E-state index in [1.54, 1.807) is 0 Å². The maximum Gasteiger partial charge on any atom is 1.00 e. The summed E-state index contributed by atoms with van der Waals surface area (Å²) in [5.41, 5.74) is 0.189. The number of carbonyl (C=O) groups excluding carboxylic acids is 1. The number of hydrogen-bond acceptors (Lipinski definition) is 2. The minimum absolute atomic E-state index is 0. The van der Waals surface area contributed by atoms with Crippen molar-refractivity contribution in [1.82, 2.24) is 4.98 Å². The van der Waals surface area contributed by atoms with Gasteiger partial charge in [0.25, 0.3) is 0 Å². The van der Waals surface area contributed by atoms with E-state index >= 15 is 0 Å². The minimum atomic E-state index is -4.86. The van der Waals surface area contributed by atoms with Gasteiger partial charge in [0, 0.05) is 18.0 Å². The van der Waals surface area contributed by atoms with Crippen LogP contribution in [0.3, 0.4) is 0 Å². The van der Waals surface area contributed by atoms with Gasteiger partial charge in [-0.3, -0.25) is 9.78 Å². The zero-order valence-electron chi connectivity index (χ0n) is 7.58. The Bertz CT molecular complexity index is 318. The second kappa shape index (κ2) is 6.02. The standard InChI is InChI=1S/C7H6BF3NO.K/c9-8(10,11)2-6-1-7(5-13)4-12-3-6;/h1,3-5H,2H2;/q-1;+1. The Balaban J connectivity index is 0.00000169. The molecular formula is C7H6BF3KNO. The molecule has 0 aliphatic carbocycles. The molecule has 1 aromatic rings. The van der Waals surface area contributed by atoms with Crippen molar-refractivity contribution >= 4 is 13.3 Å². The average molecular weight is 227 g/mol. The van der Waals surface area contributed by atoms with Gasteiger partial charge in [-0.15, -0.1) is 0 Å². The zero-order chi connectivity index (χ0) is 9.90. The summed E-state index contributed by atoms with van der Waals surface area (Å²) in [6.45, 7) is -4.86. The van der Waals surface area contributed by atoms with Crippen molar-refractivity contribution in [2.24, 2.45) is 0 Å². The molecule has 1 aromatic heterocycles. The molecule has 0 aromatic carbocycles. The molecule has 0 bridgehead atoms. The van der Waals surface area contributed by atoms with Gasteiger partial charge in [0.15, 0.2) is 6.29 Å². The van der Waals surface area contributed by atoms with E-state index in [0.717, 1.165) is 6.20 Å². The van der Waals surface area contributed by atoms with Gasteiger partial charge in [0.05, 0.1) is 0 Å². The first-order chi connectivity index (χ1) is 6.01. The van der Waals surface area contributed by atoms with Crippen molar-refractivity contribution in [3.8, 4) is 0 Å². The molecule has 0 radical (unpaired) electrons. The van der Waals surface area contributed by atoms with E-state index in [1.807, 2.05) is 0 Å². The summed E-state index contributed by atoms with van der Waals surface area (Å²) in [6.07, 6.45) is 1.82. The van der Waals surface area contributed by atoms with Crippen molar-refractivity contribution < 1.29 is 69.1 Å². The normalized spacial score (nSPS) is 10.5. The fourth-order valence-corrected chi connectivity index (χ4v) is 0.951. The van der Waals surface area contributed by atoms with Crippen molar-refractivity contribution in [2.75, 3.05) is 0 Å². The number of hydrogen-bond donors (Lipinski definition) is 0. The predicted octanol–water partition coefficient (Wildman–Crippen LogP) is -1.17. The van der Waals surface area contributed by atoms with Gasteiger partial charge in [-0.1, -0.05) is 11.9 Å². The first-order valence-corrected chi connectivity index (χ1v) is 3.61. The average Bonchev–Trinajstić information content (AvgIpc) is 2.01. The second-order valence-corrected chi connectivity index (χ2v) is 2.66. The van der Waals surface area contributed by atoms with Crippen LogP contribution in [0.5, 0.6) is 0 Å². The van der Waals surface area contributed by atoms with Gasteiger partial charge in [-0.2, -0.15) is 0 Å². The molecule has 0 atom stereocenters. The molecule has 0 saturated carbocycles. The van der Waals surface area contributed by atoms with E-state index in [1.165, 1.54) is 12.3 Å². The van der Waals surface area contributed by atoms with Crippen LogP contribution in [-0.4, -0.2) is 18.2 Å². The fourth-order valence-electron chi connectivity index (χ4n) is 0.951. The molecule has 0 amide bonds. The van der Waals surface area contributed by atoms with E-state index in [2.05, 4.69) is 4.98 Å². The maximum absolute atomic E-state index is 11.9. The van der Waals surface area contributed by atoms with Gasteiger partial charge >= 0.3 is 58.4 Å². The smallest absolute Gasteiger partial charge is 0.449 e. The van der Waals surface area contributed by atoms with Crippen LogP contribution in [0.2, 0.25) is 0 Å². The number of carbonyl (C=O) groups is 1. The van der Waals surface area contributed by atoms with Gasteiger partial charge in [0.1, 0.15) is 0 Å². The number of aromatic nitrogens is 1. The third-order valence-corrected chi connectivity index (χ3v) is 1.42.